The summed E-state index contributed by atoms with van der Waals surface area (Å²) in [5.41, 5.74) is 5.77. The molecule has 3 nitrogen and oxygen atoms in total. The summed E-state index contributed by atoms with van der Waals surface area (Å²) in [4.78, 5) is 14.2. The van der Waals surface area contributed by atoms with Crippen LogP contribution in [0.2, 0.25) is 0 Å². The number of amides is 1. The second-order valence-corrected chi connectivity index (χ2v) is 4.71. The summed E-state index contributed by atoms with van der Waals surface area (Å²) in [6, 6.07) is 0. The molecule has 0 aliphatic heterocycles. The lowest BCUT2D eigenvalue weighted by molar-refractivity contribution is -0.137. The molecular formula is C14H24N2O. The van der Waals surface area contributed by atoms with Crippen LogP contribution in [0, 0.1) is 11.8 Å². The van der Waals surface area contributed by atoms with E-state index in [9.17, 15) is 4.79 Å². The summed E-state index contributed by atoms with van der Waals surface area (Å²) >= 11 is 0. The highest BCUT2D eigenvalue weighted by atomic mass is 16.2. The summed E-state index contributed by atoms with van der Waals surface area (Å²) in [5, 5.41) is 0. The molecule has 0 aromatic carbocycles. The maximum Gasteiger partial charge on any atom is 0.226 e. The molecule has 0 spiro atoms. The van der Waals surface area contributed by atoms with E-state index in [0.717, 1.165) is 19.3 Å². The van der Waals surface area contributed by atoms with Crippen molar-refractivity contribution < 1.29 is 4.79 Å². The second-order valence-electron chi connectivity index (χ2n) is 4.71. The fourth-order valence-corrected chi connectivity index (χ4v) is 2.62. The van der Waals surface area contributed by atoms with Gasteiger partial charge >= 0.3 is 0 Å². The molecule has 2 atom stereocenters. The molecule has 1 saturated carbocycles. The summed E-state index contributed by atoms with van der Waals surface area (Å²) in [5.74, 6) is 0.682. The molecule has 0 saturated heterocycles. The van der Waals surface area contributed by atoms with Gasteiger partial charge in [-0.25, -0.2) is 0 Å². The van der Waals surface area contributed by atoms with Gasteiger partial charge in [-0.1, -0.05) is 25.0 Å². The highest BCUT2D eigenvalue weighted by molar-refractivity contribution is 5.79. The van der Waals surface area contributed by atoms with Crippen molar-refractivity contribution in [2.45, 2.75) is 25.7 Å². The van der Waals surface area contributed by atoms with E-state index in [1.165, 1.54) is 6.42 Å². The zero-order valence-corrected chi connectivity index (χ0v) is 10.6. The van der Waals surface area contributed by atoms with Gasteiger partial charge in [0.2, 0.25) is 5.91 Å². The second kappa shape index (κ2) is 7.28. The van der Waals surface area contributed by atoms with Crippen LogP contribution in [0.3, 0.4) is 0 Å². The van der Waals surface area contributed by atoms with E-state index < -0.39 is 0 Å². The zero-order chi connectivity index (χ0) is 12.7. The molecule has 2 unspecified atom stereocenters. The molecule has 0 radical (unpaired) electrons. The molecule has 1 fully saturated rings. The minimum Gasteiger partial charge on any atom is -0.335 e. The molecule has 0 aromatic rings. The van der Waals surface area contributed by atoms with Gasteiger partial charge in [0.25, 0.3) is 0 Å². The molecular weight excluding hydrogens is 212 g/mol. The van der Waals surface area contributed by atoms with E-state index in [0.29, 0.717) is 25.6 Å². The number of carbonyl (C=O) groups is 1. The average Bonchev–Trinajstić information content (AvgIpc) is 2.37. The van der Waals surface area contributed by atoms with Gasteiger partial charge < -0.3 is 10.6 Å². The minimum absolute atomic E-state index is 0.105. The van der Waals surface area contributed by atoms with Gasteiger partial charge in [-0.15, -0.1) is 13.2 Å². The van der Waals surface area contributed by atoms with Crippen LogP contribution in [0.5, 0.6) is 0 Å². The Bertz CT molecular complexity index is 265. The number of hydrogen-bond acceptors (Lipinski definition) is 2. The molecule has 1 rings (SSSR count). The molecule has 1 amide bonds. The highest BCUT2D eigenvalue weighted by Gasteiger charge is 2.32. The standard InChI is InChI=1S/C14H24N2O/c1-3-9-16(10-4-2)14(17)13-8-6-5-7-12(13)11-15/h3-4,12-13H,1-2,5-11,15H2. The third-order valence-electron chi connectivity index (χ3n) is 3.54. The van der Waals surface area contributed by atoms with E-state index in [1.54, 1.807) is 12.2 Å². The van der Waals surface area contributed by atoms with Crippen LogP contribution in [0.1, 0.15) is 25.7 Å². The Morgan fingerprint density at radius 1 is 1.24 bits per heavy atom. The third kappa shape index (κ3) is 3.70. The average molecular weight is 236 g/mol. The Morgan fingerprint density at radius 3 is 2.35 bits per heavy atom. The Labute approximate surface area is 104 Å². The lowest BCUT2D eigenvalue weighted by atomic mass is 9.78. The first-order chi connectivity index (χ1) is 8.24. The Hall–Kier alpha value is -1.09. The highest BCUT2D eigenvalue weighted by Crippen LogP contribution is 2.30. The van der Waals surface area contributed by atoms with Crippen molar-refractivity contribution in [1.82, 2.24) is 4.90 Å². The monoisotopic (exact) mass is 236 g/mol. The molecule has 1 aliphatic carbocycles. The number of nitrogens with two attached hydrogens (primary N) is 1. The first kappa shape index (κ1) is 14.0. The molecule has 0 heterocycles. The first-order valence-electron chi connectivity index (χ1n) is 6.45. The smallest absolute Gasteiger partial charge is 0.226 e. The van der Waals surface area contributed by atoms with E-state index >= 15 is 0 Å². The first-order valence-corrected chi connectivity index (χ1v) is 6.45. The molecule has 96 valence electrons. The van der Waals surface area contributed by atoms with Crippen LogP contribution in [0.4, 0.5) is 0 Å². The summed E-state index contributed by atoms with van der Waals surface area (Å²) in [6.07, 6.45) is 7.94. The van der Waals surface area contributed by atoms with Crippen molar-refractivity contribution in [1.29, 1.82) is 0 Å². The van der Waals surface area contributed by atoms with Gasteiger partial charge in [0.1, 0.15) is 0 Å². The normalized spacial score (nSPS) is 24.1. The third-order valence-corrected chi connectivity index (χ3v) is 3.54. The van der Waals surface area contributed by atoms with Gasteiger partial charge in [-0.3, -0.25) is 4.79 Å². The Morgan fingerprint density at radius 2 is 1.82 bits per heavy atom. The van der Waals surface area contributed by atoms with E-state index in [-0.39, 0.29) is 11.8 Å². The van der Waals surface area contributed by atoms with E-state index in [4.69, 9.17) is 5.73 Å². The van der Waals surface area contributed by atoms with Crippen LogP contribution in [-0.4, -0.2) is 30.4 Å². The number of carbonyl (C=O) groups excluding carboxylic acids is 1. The Balaban J connectivity index is 2.69. The van der Waals surface area contributed by atoms with Crippen molar-refractivity contribution in [3.63, 3.8) is 0 Å². The van der Waals surface area contributed by atoms with Gasteiger partial charge in [-0.05, 0) is 25.3 Å². The van der Waals surface area contributed by atoms with Crippen molar-refractivity contribution in [3.05, 3.63) is 25.3 Å². The van der Waals surface area contributed by atoms with Crippen LogP contribution >= 0.6 is 0 Å². The molecule has 1 aliphatic rings. The predicted octanol–water partition coefficient (Wildman–Crippen LogP) is 1.95. The van der Waals surface area contributed by atoms with Gasteiger partial charge in [0.15, 0.2) is 0 Å². The molecule has 17 heavy (non-hydrogen) atoms. The quantitative estimate of drug-likeness (QED) is 0.717. The minimum atomic E-state index is 0.105. The fourth-order valence-electron chi connectivity index (χ4n) is 2.62. The fraction of sp³-hybridized carbons (Fsp3) is 0.643. The summed E-state index contributed by atoms with van der Waals surface area (Å²) < 4.78 is 0. The van der Waals surface area contributed by atoms with Crippen LogP contribution in [0.15, 0.2) is 25.3 Å². The van der Waals surface area contributed by atoms with E-state index in [2.05, 4.69) is 13.2 Å². The maximum absolute atomic E-state index is 12.4. The summed E-state index contributed by atoms with van der Waals surface area (Å²) in [6.45, 7) is 9.20. The molecule has 3 heteroatoms. The zero-order valence-electron chi connectivity index (χ0n) is 10.6. The van der Waals surface area contributed by atoms with Crippen molar-refractivity contribution in [2.75, 3.05) is 19.6 Å². The molecule has 0 aromatic heterocycles. The van der Waals surface area contributed by atoms with Crippen LogP contribution in [-0.2, 0) is 4.79 Å². The maximum atomic E-state index is 12.4. The van der Waals surface area contributed by atoms with Gasteiger partial charge in [-0.2, -0.15) is 0 Å². The number of hydrogen-bond donors (Lipinski definition) is 1. The lowest BCUT2D eigenvalue weighted by Crippen LogP contribution is -2.42. The molecule has 2 N–H and O–H groups in total. The number of nitrogens with zero attached hydrogens (tertiary/aromatic N) is 1. The number of rotatable bonds is 6. The van der Waals surface area contributed by atoms with Crippen LogP contribution < -0.4 is 5.73 Å². The Kier molecular flexibility index (Phi) is 5.98. The lowest BCUT2D eigenvalue weighted by Gasteiger charge is -2.33. The molecule has 0 bridgehead atoms. The summed E-state index contributed by atoms with van der Waals surface area (Å²) in [7, 11) is 0. The largest absolute Gasteiger partial charge is 0.335 e. The SMILES string of the molecule is C=CCN(CC=C)C(=O)C1CCCCC1CN. The van der Waals surface area contributed by atoms with Crippen molar-refractivity contribution in [3.8, 4) is 0 Å². The van der Waals surface area contributed by atoms with Gasteiger partial charge in [0.05, 0.1) is 0 Å². The van der Waals surface area contributed by atoms with Crippen molar-refractivity contribution >= 4 is 5.91 Å². The van der Waals surface area contributed by atoms with Crippen molar-refractivity contribution in [2.24, 2.45) is 17.6 Å². The topological polar surface area (TPSA) is 46.3 Å². The predicted molar refractivity (Wildman–Crippen MR) is 71.5 cm³/mol. The van der Waals surface area contributed by atoms with E-state index in [1.807, 2.05) is 4.90 Å². The van der Waals surface area contributed by atoms with Gasteiger partial charge in [0, 0.05) is 19.0 Å². The van der Waals surface area contributed by atoms with Crippen LogP contribution in [0.25, 0.3) is 0 Å².